The normalized spacial score (nSPS) is 11.2. The number of nitrogens with zero attached hydrogens (tertiary/aromatic N) is 1. The predicted octanol–water partition coefficient (Wildman–Crippen LogP) is 6.57. The van der Waals surface area contributed by atoms with E-state index in [1.165, 1.54) is 0 Å². The van der Waals surface area contributed by atoms with Gasteiger partial charge in [-0.1, -0.05) is 60.7 Å². The zero-order chi connectivity index (χ0) is 23.8. The lowest BCUT2D eigenvalue weighted by Crippen LogP contribution is -2.19. The molecule has 0 atom stereocenters. The number of allylic oxidation sites excluding steroid dienone is 1. The maximum Gasteiger partial charge on any atom is 0.323 e. The molecule has 4 aromatic rings. The lowest BCUT2D eigenvalue weighted by Gasteiger charge is -2.13. The monoisotopic (exact) mass is 451 g/mol. The van der Waals surface area contributed by atoms with Gasteiger partial charge in [-0.25, -0.2) is 4.79 Å². The highest BCUT2D eigenvalue weighted by Gasteiger charge is 2.09. The van der Waals surface area contributed by atoms with Crippen LogP contribution in [0, 0.1) is 0 Å². The number of carbonyl (C=O) groups excluding carboxylic acids is 1. The van der Waals surface area contributed by atoms with Gasteiger partial charge in [0.1, 0.15) is 0 Å². The number of amides is 2. The van der Waals surface area contributed by atoms with Gasteiger partial charge in [-0.05, 0) is 53.6 Å². The number of carbonyl (C=O) groups is 2. The minimum Gasteiger partial charge on any atom is -0.481 e. The number of pyridine rings is 1. The number of rotatable bonds is 8. The van der Waals surface area contributed by atoms with Crippen LogP contribution in [0.3, 0.4) is 0 Å². The number of fused-ring (bicyclic) bond motifs is 1. The lowest BCUT2D eigenvalue weighted by atomic mass is 9.97. The molecule has 0 aliphatic rings. The fourth-order valence-electron chi connectivity index (χ4n) is 3.81. The summed E-state index contributed by atoms with van der Waals surface area (Å²) in [5, 5.41) is 16.8. The molecule has 0 spiro atoms. The number of hydrogen-bond acceptors (Lipinski definition) is 3. The third-order valence-electron chi connectivity index (χ3n) is 5.39. The molecule has 0 saturated heterocycles. The van der Waals surface area contributed by atoms with Crippen LogP contribution >= 0.6 is 0 Å². The van der Waals surface area contributed by atoms with Gasteiger partial charge in [-0.15, -0.1) is 0 Å². The number of aromatic nitrogens is 1. The van der Waals surface area contributed by atoms with Gasteiger partial charge in [-0.2, -0.15) is 0 Å². The third kappa shape index (κ3) is 5.86. The van der Waals surface area contributed by atoms with Crippen molar-refractivity contribution >= 4 is 39.7 Å². The van der Waals surface area contributed by atoms with Crippen LogP contribution in [0.15, 0.2) is 97.3 Å². The number of anilines is 2. The van der Waals surface area contributed by atoms with Crippen LogP contribution < -0.4 is 10.6 Å². The van der Waals surface area contributed by atoms with Gasteiger partial charge in [-0.3, -0.25) is 9.78 Å². The van der Waals surface area contributed by atoms with Gasteiger partial charge < -0.3 is 15.7 Å². The maximum absolute atomic E-state index is 12.7. The summed E-state index contributed by atoms with van der Waals surface area (Å²) in [4.78, 5) is 27.8. The summed E-state index contributed by atoms with van der Waals surface area (Å²) in [5.74, 6) is -0.806. The summed E-state index contributed by atoms with van der Waals surface area (Å²) in [6, 6.07) is 24.7. The van der Waals surface area contributed by atoms with Crippen LogP contribution in [0.25, 0.3) is 16.3 Å². The van der Waals surface area contributed by atoms with Gasteiger partial charge >= 0.3 is 12.0 Å². The van der Waals surface area contributed by atoms with Crippen molar-refractivity contribution in [3.8, 4) is 0 Å². The average Bonchev–Trinajstić information content (AvgIpc) is 2.85. The largest absolute Gasteiger partial charge is 0.481 e. The van der Waals surface area contributed by atoms with E-state index < -0.39 is 5.97 Å². The number of aliphatic carboxylic acids is 1. The van der Waals surface area contributed by atoms with E-state index in [1.54, 1.807) is 12.4 Å². The van der Waals surface area contributed by atoms with Crippen LogP contribution in [-0.4, -0.2) is 22.1 Å². The molecule has 170 valence electrons. The van der Waals surface area contributed by atoms with E-state index in [4.69, 9.17) is 5.11 Å². The van der Waals surface area contributed by atoms with Crippen LogP contribution in [0.1, 0.15) is 30.4 Å². The highest BCUT2D eigenvalue weighted by molar-refractivity contribution is 6.06. The van der Waals surface area contributed by atoms with Crippen molar-refractivity contribution in [2.45, 2.75) is 19.3 Å². The summed E-state index contributed by atoms with van der Waals surface area (Å²) in [6.07, 6.45) is 6.79. The first-order valence-corrected chi connectivity index (χ1v) is 11.1. The first-order valence-electron chi connectivity index (χ1n) is 11.1. The summed E-state index contributed by atoms with van der Waals surface area (Å²) in [6.45, 7) is 0. The molecule has 0 fully saturated rings. The van der Waals surface area contributed by atoms with Crippen molar-refractivity contribution in [2.24, 2.45) is 0 Å². The second-order valence-electron chi connectivity index (χ2n) is 7.83. The SMILES string of the molecule is O=C(O)CCCC=C(c1cccnc1)c1cccc(NC(=O)Nc2cccc3ccccc23)c1. The Morgan fingerprint density at radius 2 is 1.68 bits per heavy atom. The lowest BCUT2D eigenvalue weighted by molar-refractivity contribution is -0.137. The Bertz CT molecular complexity index is 1330. The van der Waals surface area contributed by atoms with Crippen LogP contribution in [0.4, 0.5) is 16.2 Å². The van der Waals surface area contributed by atoms with E-state index in [0.29, 0.717) is 18.5 Å². The van der Waals surface area contributed by atoms with Crippen molar-refractivity contribution < 1.29 is 14.7 Å². The molecule has 0 saturated carbocycles. The molecule has 0 radical (unpaired) electrons. The predicted molar refractivity (Wildman–Crippen MR) is 136 cm³/mol. The smallest absolute Gasteiger partial charge is 0.323 e. The molecule has 0 unspecified atom stereocenters. The third-order valence-corrected chi connectivity index (χ3v) is 5.39. The van der Waals surface area contributed by atoms with Gasteiger partial charge in [0, 0.05) is 35.5 Å². The molecule has 1 heterocycles. The van der Waals surface area contributed by atoms with Gasteiger partial charge in [0.15, 0.2) is 0 Å². The Hall–Kier alpha value is -4.45. The number of hydrogen-bond donors (Lipinski definition) is 3. The van der Waals surface area contributed by atoms with E-state index in [1.807, 2.05) is 84.9 Å². The molecular weight excluding hydrogens is 426 g/mol. The van der Waals surface area contributed by atoms with Crippen molar-refractivity contribution in [3.05, 3.63) is 108 Å². The Balaban J connectivity index is 1.53. The quantitative estimate of drug-likeness (QED) is 0.264. The fraction of sp³-hybridized carbons (Fsp3) is 0.107. The van der Waals surface area contributed by atoms with E-state index in [2.05, 4.69) is 15.6 Å². The molecular formula is C28H25N3O3. The van der Waals surface area contributed by atoms with Gasteiger partial charge in [0.2, 0.25) is 0 Å². The van der Waals surface area contributed by atoms with Crippen molar-refractivity contribution in [2.75, 3.05) is 10.6 Å². The number of nitrogens with one attached hydrogen (secondary N) is 2. The highest BCUT2D eigenvalue weighted by Crippen LogP contribution is 2.27. The summed E-state index contributed by atoms with van der Waals surface area (Å²) < 4.78 is 0. The van der Waals surface area contributed by atoms with E-state index in [0.717, 1.165) is 33.2 Å². The summed E-state index contributed by atoms with van der Waals surface area (Å²) >= 11 is 0. The standard InChI is InChI=1S/C28H25N3O3/c32-27(33)16-4-3-13-24(22-11-7-17-29-19-22)21-10-5-12-23(18-21)30-28(34)31-26-15-6-9-20-8-1-2-14-25(20)26/h1-2,5-15,17-19H,3-4,16H2,(H,32,33)(H2,30,31,34). The summed E-state index contributed by atoms with van der Waals surface area (Å²) in [7, 11) is 0. The zero-order valence-corrected chi connectivity index (χ0v) is 18.6. The topological polar surface area (TPSA) is 91.3 Å². The number of carboxylic acid groups (broad SMARTS) is 1. The number of urea groups is 1. The molecule has 3 N–H and O–H groups in total. The van der Waals surface area contributed by atoms with E-state index in [9.17, 15) is 9.59 Å². The molecule has 0 aliphatic heterocycles. The average molecular weight is 452 g/mol. The van der Waals surface area contributed by atoms with E-state index in [-0.39, 0.29) is 12.5 Å². The second-order valence-corrected chi connectivity index (χ2v) is 7.83. The fourth-order valence-corrected chi connectivity index (χ4v) is 3.81. The molecule has 1 aromatic heterocycles. The molecule has 2 amide bonds. The zero-order valence-electron chi connectivity index (χ0n) is 18.6. The Morgan fingerprint density at radius 1 is 0.882 bits per heavy atom. The second kappa shape index (κ2) is 10.9. The first kappa shape index (κ1) is 22.7. The van der Waals surface area contributed by atoms with Crippen molar-refractivity contribution in [3.63, 3.8) is 0 Å². The number of benzene rings is 3. The maximum atomic E-state index is 12.7. The Labute approximate surface area is 198 Å². The van der Waals surface area contributed by atoms with Gasteiger partial charge in [0.05, 0.1) is 5.69 Å². The molecule has 0 bridgehead atoms. The highest BCUT2D eigenvalue weighted by atomic mass is 16.4. The molecule has 6 nitrogen and oxygen atoms in total. The van der Waals surface area contributed by atoms with E-state index >= 15 is 0 Å². The summed E-state index contributed by atoms with van der Waals surface area (Å²) in [5.41, 5.74) is 4.16. The first-order chi connectivity index (χ1) is 16.6. The molecule has 34 heavy (non-hydrogen) atoms. The number of unbranched alkanes of at least 4 members (excludes halogenated alkanes) is 1. The Kier molecular flexibility index (Phi) is 7.30. The van der Waals surface area contributed by atoms with Crippen LogP contribution in [0.5, 0.6) is 0 Å². The van der Waals surface area contributed by atoms with Crippen LogP contribution in [-0.2, 0) is 4.79 Å². The van der Waals surface area contributed by atoms with Crippen LogP contribution in [0.2, 0.25) is 0 Å². The van der Waals surface area contributed by atoms with Crippen molar-refractivity contribution in [1.29, 1.82) is 0 Å². The molecule has 4 rings (SSSR count). The van der Waals surface area contributed by atoms with Crippen molar-refractivity contribution in [1.82, 2.24) is 4.98 Å². The van der Waals surface area contributed by atoms with Gasteiger partial charge in [0.25, 0.3) is 0 Å². The minimum atomic E-state index is -0.806. The Morgan fingerprint density at radius 3 is 2.50 bits per heavy atom. The number of carboxylic acids is 1. The molecule has 3 aromatic carbocycles. The molecule has 0 aliphatic carbocycles. The minimum absolute atomic E-state index is 0.118. The molecule has 6 heteroatoms.